The van der Waals surface area contributed by atoms with E-state index in [4.69, 9.17) is 5.26 Å². The molecular weight excluding hydrogens is 374 g/mol. The van der Waals surface area contributed by atoms with Crippen molar-refractivity contribution in [1.29, 1.82) is 5.26 Å². The van der Waals surface area contributed by atoms with E-state index in [-0.39, 0.29) is 6.61 Å². The summed E-state index contributed by atoms with van der Waals surface area (Å²) in [6, 6.07) is 15.1. The number of rotatable bonds is 6. The Morgan fingerprint density at radius 2 is 1.87 bits per heavy atom. The van der Waals surface area contributed by atoms with Crippen LogP contribution in [-0.2, 0) is 6.61 Å². The zero-order valence-electron chi connectivity index (χ0n) is 17.4. The summed E-state index contributed by atoms with van der Waals surface area (Å²) in [5, 5.41) is 26.0. The summed E-state index contributed by atoms with van der Waals surface area (Å²) in [7, 11) is 0. The van der Waals surface area contributed by atoms with E-state index in [1.165, 1.54) is 37.8 Å². The molecule has 1 saturated heterocycles. The van der Waals surface area contributed by atoms with Gasteiger partial charge in [-0.3, -0.25) is 0 Å². The van der Waals surface area contributed by atoms with Gasteiger partial charge in [-0.15, -0.1) is 0 Å². The van der Waals surface area contributed by atoms with E-state index in [2.05, 4.69) is 38.7 Å². The number of aromatic nitrogens is 1. The molecule has 2 aliphatic rings. The van der Waals surface area contributed by atoms with Crippen LogP contribution in [0.3, 0.4) is 0 Å². The van der Waals surface area contributed by atoms with Crippen LogP contribution in [0.5, 0.6) is 0 Å². The van der Waals surface area contributed by atoms with Gasteiger partial charge in [0.1, 0.15) is 5.82 Å². The topological polar surface area (TPSA) is 84.2 Å². The van der Waals surface area contributed by atoms with E-state index >= 15 is 0 Å². The molecule has 2 aromatic rings. The molecule has 1 aromatic carbocycles. The monoisotopic (exact) mass is 405 g/mol. The maximum atomic E-state index is 9.40. The van der Waals surface area contributed by atoms with E-state index < -0.39 is 0 Å². The van der Waals surface area contributed by atoms with Crippen molar-refractivity contribution in [3.8, 4) is 6.07 Å². The van der Waals surface area contributed by atoms with Crippen molar-refractivity contribution in [3.63, 3.8) is 0 Å². The zero-order valence-corrected chi connectivity index (χ0v) is 17.4. The third-order valence-electron chi connectivity index (χ3n) is 6.34. The van der Waals surface area contributed by atoms with Crippen LogP contribution < -0.4 is 15.5 Å². The number of pyridine rings is 1. The molecular formula is C24H31N5O. The van der Waals surface area contributed by atoms with Gasteiger partial charge >= 0.3 is 0 Å². The van der Waals surface area contributed by atoms with Gasteiger partial charge in [0.2, 0.25) is 0 Å². The Kier molecular flexibility index (Phi) is 6.83. The van der Waals surface area contributed by atoms with Crippen LogP contribution in [0, 0.1) is 11.3 Å². The lowest BCUT2D eigenvalue weighted by atomic mass is 9.89. The number of nitrogens with one attached hydrogen (secondary N) is 2. The van der Waals surface area contributed by atoms with Crippen molar-refractivity contribution in [3.05, 3.63) is 53.7 Å². The second-order valence-corrected chi connectivity index (χ2v) is 8.46. The maximum Gasteiger partial charge on any atom is 0.126 e. The van der Waals surface area contributed by atoms with Gasteiger partial charge in [-0.25, -0.2) is 4.98 Å². The van der Waals surface area contributed by atoms with E-state index in [1.807, 2.05) is 24.3 Å². The number of nitriles is 1. The summed E-state index contributed by atoms with van der Waals surface area (Å²) >= 11 is 0. The molecule has 0 spiro atoms. The van der Waals surface area contributed by atoms with Gasteiger partial charge in [0.05, 0.1) is 18.2 Å². The molecule has 1 aliphatic carbocycles. The predicted molar refractivity (Wildman–Crippen MR) is 119 cm³/mol. The number of hydrogen-bond acceptors (Lipinski definition) is 6. The maximum absolute atomic E-state index is 9.40. The smallest absolute Gasteiger partial charge is 0.126 e. The van der Waals surface area contributed by atoms with Crippen LogP contribution in [0.25, 0.3) is 0 Å². The van der Waals surface area contributed by atoms with Crippen LogP contribution >= 0.6 is 0 Å². The third-order valence-corrected chi connectivity index (χ3v) is 6.34. The van der Waals surface area contributed by atoms with Crippen LogP contribution in [0.1, 0.15) is 49.7 Å². The summed E-state index contributed by atoms with van der Waals surface area (Å²) in [6.07, 6.45) is 8.91. The Bertz CT molecular complexity index is 863. The molecule has 0 amide bonds. The van der Waals surface area contributed by atoms with Crippen LogP contribution in [0.2, 0.25) is 0 Å². The summed E-state index contributed by atoms with van der Waals surface area (Å²) in [6.45, 7) is 2.10. The molecule has 6 nitrogen and oxygen atoms in total. The lowest BCUT2D eigenvalue weighted by Crippen LogP contribution is -2.55. The minimum absolute atomic E-state index is 0.0385. The number of aliphatic hydroxyl groups is 1. The number of anilines is 2. The highest BCUT2D eigenvalue weighted by Gasteiger charge is 2.29. The van der Waals surface area contributed by atoms with E-state index in [0.29, 0.717) is 23.7 Å². The molecule has 4 rings (SSSR count). The molecule has 0 bridgehead atoms. The Labute approximate surface area is 178 Å². The van der Waals surface area contributed by atoms with E-state index in [0.717, 1.165) is 30.9 Å². The quantitative estimate of drug-likeness (QED) is 0.683. The first-order chi connectivity index (χ1) is 14.7. The summed E-state index contributed by atoms with van der Waals surface area (Å²) < 4.78 is 0. The first-order valence-electron chi connectivity index (χ1n) is 11.1. The fourth-order valence-corrected chi connectivity index (χ4v) is 4.74. The number of benzene rings is 1. The SMILES string of the molecule is N#Cc1ccc(N2CCCC(NC3CCCCC3Nc3cc(CO)ccn3)C2)cc1. The minimum atomic E-state index is 0.0385. The highest BCUT2D eigenvalue weighted by molar-refractivity contribution is 5.50. The number of nitrogens with zero attached hydrogens (tertiary/aromatic N) is 3. The lowest BCUT2D eigenvalue weighted by molar-refractivity contribution is 0.281. The Hall–Kier alpha value is -2.62. The molecule has 30 heavy (non-hydrogen) atoms. The molecule has 2 heterocycles. The van der Waals surface area contributed by atoms with Crippen LogP contribution in [0.4, 0.5) is 11.5 Å². The van der Waals surface area contributed by atoms with Gasteiger partial charge < -0.3 is 20.6 Å². The first kappa shape index (κ1) is 20.6. The summed E-state index contributed by atoms with van der Waals surface area (Å²) in [4.78, 5) is 6.88. The van der Waals surface area contributed by atoms with E-state index in [9.17, 15) is 5.11 Å². The van der Waals surface area contributed by atoms with Crippen molar-refractivity contribution in [2.45, 2.75) is 63.3 Å². The van der Waals surface area contributed by atoms with Gasteiger partial charge in [0, 0.05) is 43.1 Å². The normalized spacial score (nSPS) is 24.3. The molecule has 1 aromatic heterocycles. The molecule has 2 fully saturated rings. The average molecular weight is 406 g/mol. The molecule has 1 saturated carbocycles. The molecule has 0 radical (unpaired) electrons. The Balaban J connectivity index is 1.38. The van der Waals surface area contributed by atoms with Gasteiger partial charge in [-0.1, -0.05) is 12.8 Å². The Morgan fingerprint density at radius 1 is 1.07 bits per heavy atom. The largest absolute Gasteiger partial charge is 0.392 e. The number of piperidine rings is 1. The molecule has 158 valence electrons. The zero-order chi connectivity index (χ0) is 20.8. The molecule has 3 N–H and O–H groups in total. The van der Waals surface area contributed by atoms with Gasteiger partial charge in [-0.2, -0.15) is 5.26 Å². The fraction of sp³-hybridized carbons (Fsp3) is 0.500. The van der Waals surface area contributed by atoms with Crippen molar-refractivity contribution >= 4 is 11.5 Å². The summed E-state index contributed by atoms with van der Waals surface area (Å²) in [5.74, 6) is 0.850. The average Bonchev–Trinajstić information content (AvgIpc) is 2.81. The molecule has 6 heteroatoms. The van der Waals surface area contributed by atoms with Gasteiger partial charge in [0.25, 0.3) is 0 Å². The van der Waals surface area contributed by atoms with Gasteiger partial charge in [0.15, 0.2) is 0 Å². The highest BCUT2D eigenvalue weighted by atomic mass is 16.3. The number of aliphatic hydroxyl groups excluding tert-OH is 1. The predicted octanol–water partition coefficient (Wildman–Crippen LogP) is 3.43. The second-order valence-electron chi connectivity index (χ2n) is 8.46. The van der Waals surface area contributed by atoms with Crippen LogP contribution in [-0.4, -0.2) is 41.3 Å². The number of hydrogen-bond donors (Lipinski definition) is 3. The van der Waals surface area contributed by atoms with Crippen molar-refractivity contribution < 1.29 is 5.11 Å². The summed E-state index contributed by atoms with van der Waals surface area (Å²) in [5.41, 5.74) is 2.79. The highest BCUT2D eigenvalue weighted by Crippen LogP contribution is 2.25. The van der Waals surface area contributed by atoms with Crippen molar-refractivity contribution in [2.75, 3.05) is 23.3 Å². The van der Waals surface area contributed by atoms with Crippen molar-refractivity contribution in [1.82, 2.24) is 10.3 Å². The second kappa shape index (κ2) is 9.92. The van der Waals surface area contributed by atoms with E-state index in [1.54, 1.807) is 6.20 Å². The molecule has 3 unspecified atom stereocenters. The first-order valence-corrected chi connectivity index (χ1v) is 11.1. The third kappa shape index (κ3) is 5.10. The van der Waals surface area contributed by atoms with Crippen LogP contribution in [0.15, 0.2) is 42.6 Å². The minimum Gasteiger partial charge on any atom is -0.392 e. The fourth-order valence-electron chi connectivity index (χ4n) is 4.74. The molecule has 3 atom stereocenters. The molecule has 1 aliphatic heterocycles. The van der Waals surface area contributed by atoms with Gasteiger partial charge in [-0.05, 0) is 67.6 Å². The standard InChI is InChI=1S/C24H31N5O/c25-15-18-7-9-21(10-8-18)29-13-3-4-20(16-29)27-22-5-1-2-6-23(22)28-24-14-19(17-30)11-12-26-24/h7-12,14,20,22-23,27,30H,1-6,13,16-17H2,(H,26,28). The van der Waals surface area contributed by atoms with Crippen molar-refractivity contribution in [2.24, 2.45) is 0 Å². The Morgan fingerprint density at radius 3 is 2.63 bits per heavy atom. The lowest BCUT2D eigenvalue weighted by Gasteiger charge is -2.40.